The average molecular weight is 539 g/mol. The van der Waals surface area contributed by atoms with Gasteiger partial charge in [-0.1, -0.05) is 93.9 Å². The number of thiophene rings is 1. The summed E-state index contributed by atoms with van der Waals surface area (Å²) in [6.45, 7) is 0.452. The number of nitrogens with one attached hydrogen (secondary N) is 1. The topological polar surface area (TPSA) is 63.8 Å². The summed E-state index contributed by atoms with van der Waals surface area (Å²) in [6.07, 6.45) is 0. The number of hydrogen-bond acceptors (Lipinski definition) is 6. The summed E-state index contributed by atoms with van der Waals surface area (Å²) in [5, 5.41) is 10.9. The fourth-order valence-corrected chi connectivity index (χ4v) is 5.15. The van der Waals surface area contributed by atoms with E-state index in [0.29, 0.717) is 12.4 Å². The van der Waals surface area contributed by atoms with Gasteiger partial charge in [-0.2, -0.15) is 0 Å². The molecule has 3 aromatic carbocycles. The molecule has 0 fully saturated rings. The SMILES string of the molecule is Brc1ccc(-c2cc(CNc3nc(-c4ccccc4)nc4scc(-c5ccccc5)c34)on2)cc1. The molecule has 0 amide bonds. The van der Waals surface area contributed by atoms with Crippen molar-refractivity contribution >= 4 is 43.3 Å². The van der Waals surface area contributed by atoms with Gasteiger partial charge in [-0.3, -0.25) is 0 Å². The lowest BCUT2D eigenvalue weighted by Crippen LogP contribution is -2.03. The fourth-order valence-electron chi connectivity index (χ4n) is 3.94. The van der Waals surface area contributed by atoms with Crippen molar-refractivity contribution in [3.05, 3.63) is 107 Å². The Morgan fingerprint density at radius 3 is 2.26 bits per heavy atom. The maximum atomic E-state index is 5.63. The Bertz CT molecular complexity index is 1600. The van der Waals surface area contributed by atoms with Crippen molar-refractivity contribution < 1.29 is 4.52 Å². The van der Waals surface area contributed by atoms with Crippen molar-refractivity contribution in [2.45, 2.75) is 6.54 Å². The van der Waals surface area contributed by atoms with Gasteiger partial charge >= 0.3 is 0 Å². The van der Waals surface area contributed by atoms with E-state index in [2.05, 4.69) is 43.9 Å². The minimum Gasteiger partial charge on any atom is -0.362 e. The van der Waals surface area contributed by atoms with Crippen LogP contribution in [0.25, 0.3) is 44.0 Å². The third-order valence-electron chi connectivity index (χ3n) is 5.68. The summed E-state index contributed by atoms with van der Waals surface area (Å²) < 4.78 is 6.66. The second kappa shape index (κ2) is 9.44. The number of benzene rings is 3. The van der Waals surface area contributed by atoms with Gasteiger partial charge in [0.1, 0.15) is 16.3 Å². The lowest BCUT2D eigenvalue weighted by molar-refractivity contribution is 0.390. The molecule has 3 heterocycles. The van der Waals surface area contributed by atoms with Crippen molar-refractivity contribution in [2.24, 2.45) is 0 Å². The maximum absolute atomic E-state index is 5.63. The molecule has 0 bridgehead atoms. The third-order valence-corrected chi connectivity index (χ3v) is 7.08. The van der Waals surface area contributed by atoms with E-state index >= 15 is 0 Å². The van der Waals surface area contributed by atoms with E-state index in [9.17, 15) is 0 Å². The molecule has 35 heavy (non-hydrogen) atoms. The average Bonchev–Trinajstić information content (AvgIpc) is 3.56. The fraction of sp³-hybridized carbons (Fsp3) is 0.0357. The highest BCUT2D eigenvalue weighted by atomic mass is 79.9. The molecular weight excluding hydrogens is 520 g/mol. The minimum atomic E-state index is 0.452. The zero-order valence-electron chi connectivity index (χ0n) is 18.5. The predicted molar refractivity (Wildman–Crippen MR) is 145 cm³/mol. The van der Waals surface area contributed by atoms with Gasteiger partial charge in [0.05, 0.1) is 11.9 Å². The number of hydrogen-bond donors (Lipinski definition) is 1. The largest absolute Gasteiger partial charge is 0.362 e. The number of rotatable bonds is 6. The molecule has 7 heteroatoms. The highest BCUT2D eigenvalue weighted by Crippen LogP contribution is 2.38. The molecule has 170 valence electrons. The van der Waals surface area contributed by atoms with Crippen LogP contribution >= 0.6 is 27.3 Å². The summed E-state index contributed by atoms with van der Waals surface area (Å²) in [4.78, 5) is 10.8. The van der Waals surface area contributed by atoms with Crippen LogP contribution in [-0.2, 0) is 6.54 Å². The first kappa shape index (κ1) is 21.7. The van der Waals surface area contributed by atoms with Crippen LogP contribution in [0.1, 0.15) is 5.76 Å². The molecule has 5 nitrogen and oxygen atoms in total. The molecule has 0 saturated heterocycles. The quantitative estimate of drug-likeness (QED) is 0.232. The Morgan fingerprint density at radius 1 is 0.800 bits per heavy atom. The third kappa shape index (κ3) is 4.48. The molecule has 0 atom stereocenters. The van der Waals surface area contributed by atoms with E-state index in [4.69, 9.17) is 14.5 Å². The second-order valence-corrected chi connectivity index (χ2v) is 9.77. The molecule has 1 N–H and O–H groups in total. The zero-order valence-corrected chi connectivity index (χ0v) is 20.9. The summed E-state index contributed by atoms with van der Waals surface area (Å²) in [5.74, 6) is 2.19. The lowest BCUT2D eigenvalue weighted by atomic mass is 10.1. The number of fused-ring (bicyclic) bond motifs is 1. The Labute approximate surface area is 214 Å². The zero-order chi connectivity index (χ0) is 23.6. The highest BCUT2D eigenvalue weighted by Gasteiger charge is 2.17. The normalized spacial score (nSPS) is 11.1. The van der Waals surface area contributed by atoms with Crippen LogP contribution in [0.15, 0.2) is 105 Å². The van der Waals surface area contributed by atoms with Crippen molar-refractivity contribution in [1.29, 1.82) is 0 Å². The van der Waals surface area contributed by atoms with E-state index < -0.39 is 0 Å². The standard InChI is InChI=1S/C28H19BrN4OS/c29-21-13-11-19(12-14-21)24-15-22(34-33-24)16-30-27-25-23(18-7-3-1-4-8-18)17-35-28(25)32-26(31-27)20-9-5-2-6-10-20/h1-15,17H,16H2,(H,30,31,32). The lowest BCUT2D eigenvalue weighted by Gasteiger charge is -2.10. The smallest absolute Gasteiger partial charge is 0.163 e. The molecule has 0 aliphatic carbocycles. The van der Waals surface area contributed by atoms with Crippen molar-refractivity contribution in [1.82, 2.24) is 15.1 Å². The van der Waals surface area contributed by atoms with Gasteiger partial charge < -0.3 is 9.84 Å². The molecule has 0 spiro atoms. The van der Waals surface area contributed by atoms with Crippen LogP contribution in [0, 0.1) is 0 Å². The predicted octanol–water partition coefficient (Wildman–Crippen LogP) is 8.05. The number of aromatic nitrogens is 3. The van der Waals surface area contributed by atoms with Crippen LogP contribution in [0.5, 0.6) is 0 Å². The Kier molecular flexibility index (Phi) is 5.86. The molecule has 3 aromatic heterocycles. The van der Waals surface area contributed by atoms with Crippen LogP contribution < -0.4 is 5.32 Å². The van der Waals surface area contributed by atoms with E-state index in [1.165, 1.54) is 0 Å². The highest BCUT2D eigenvalue weighted by molar-refractivity contribution is 9.10. The number of anilines is 1. The van der Waals surface area contributed by atoms with Crippen LogP contribution in [0.3, 0.4) is 0 Å². The monoisotopic (exact) mass is 538 g/mol. The first-order chi connectivity index (χ1) is 17.2. The van der Waals surface area contributed by atoms with E-state index in [1.807, 2.05) is 78.9 Å². The number of nitrogens with zero attached hydrogens (tertiary/aromatic N) is 3. The number of halogens is 1. The molecule has 0 saturated carbocycles. The van der Waals surface area contributed by atoms with Crippen molar-refractivity contribution in [3.63, 3.8) is 0 Å². The first-order valence-electron chi connectivity index (χ1n) is 11.1. The summed E-state index contributed by atoms with van der Waals surface area (Å²) in [5.41, 5.74) is 5.02. The summed E-state index contributed by atoms with van der Waals surface area (Å²) in [7, 11) is 0. The van der Waals surface area contributed by atoms with Gasteiger partial charge in [0.15, 0.2) is 11.6 Å². The molecule has 6 aromatic rings. The van der Waals surface area contributed by atoms with Crippen molar-refractivity contribution in [2.75, 3.05) is 5.32 Å². The van der Waals surface area contributed by atoms with E-state index in [1.54, 1.807) is 11.3 Å². The van der Waals surface area contributed by atoms with Gasteiger partial charge in [-0.05, 0) is 17.7 Å². The Morgan fingerprint density at radius 2 is 1.51 bits per heavy atom. The van der Waals surface area contributed by atoms with Crippen LogP contribution in [0.4, 0.5) is 5.82 Å². The van der Waals surface area contributed by atoms with E-state index in [-0.39, 0.29) is 0 Å². The van der Waals surface area contributed by atoms with Crippen LogP contribution in [-0.4, -0.2) is 15.1 Å². The Balaban J connectivity index is 1.37. The van der Waals surface area contributed by atoms with Crippen LogP contribution in [0.2, 0.25) is 0 Å². The maximum Gasteiger partial charge on any atom is 0.163 e. The van der Waals surface area contributed by atoms with Gasteiger partial charge in [0.2, 0.25) is 0 Å². The molecule has 6 rings (SSSR count). The van der Waals surface area contributed by atoms with Gasteiger partial charge in [-0.15, -0.1) is 11.3 Å². The second-order valence-electron chi connectivity index (χ2n) is 8.00. The van der Waals surface area contributed by atoms with Gasteiger partial charge in [0.25, 0.3) is 0 Å². The molecule has 0 aliphatic heterocycles. The van der Waals surface area contributed by atoms with E-state index in [0.717, 1.165) is 54.2 Å². The molecular formula is C28H19BrN4OS. The Hall–Kier alpha value is -3.81. The minimum absolute atomic E-state index is 0.452. The van der Waals surface area contributed by atoms with Gasteiger partial charge in [0, 0.05) is 32.6 Å². The molecule has 0 unspecified atom stereocenters. The summed E-state index contributed by atoms with van der Waals surface area (Å²) in [6, 6.07) is 30.3. The molecule has 0 radical (unpaired) electrons. The van der Waals surface area contributed by atoms with Crippen molar-refractivity contribution in [3.8, 4) is 33.8 Å². The summed E-state index contributed by atoms with van der Waals surface area (Å²) >= 11 is 5.10. The molecule has 0 aliphatic rings. The van der Waals surface area contributed by atoms with Gasteiger partial charge in [-0.25, -0.2) is 9.97 Å². The first-order valence-corrected chi connectivity index (χ1v) is 12.8.